The summed E-state index contributed by atoms with van der Waals surface area (Å²) in [6.07, 6.45) is 7.07. The number of halogens is 2. The molecule has 4 heterocycles. The van der Waals surface area contributed by atoms with Crippen LogP contribution in [-0.2, 0) is 6.54 Å². The summed E-state index contributed by atoms with van der Waals surface area (Å²) in [6.45, 7) is 9.21. The highest BCUT2D eigenvalue weighted by Crippen LogP contribution is 2.52. The zero-order chi connectivity index (χ0) is 31.4. The molecule has 2 aliphatic heterocycles. The summed E-state index contributed by atoms with van der Waals surface area (Å²) in [5.74, 6) is 1.05. The maximum atomic E-state index is 14.5. The van der Waals surface area contributed by atoms with E-state index in [2.05, 4.69) is 89.7 Å². The van der Waals surface area contributed by atoms with Gasteiger partial charge in [-0.25, -0.2) is 4.68 Å². The van der Waals surface area contributed by atoms with Crippen LogP contribution in [0.5, 0.6) is 0 Å². The van der Waals surface area contributed by atoms with Crippen molar-refractivity contribution in [2.75, 3.05) is 5.32 Å². The van der Waals surface area contributed by atoms with Crippen molar-refractivity contribution in [1.82, 2.24) is 19.7 Å². The number of fused-ring (bicyclic) bond motifs is 2. The molecule has 45 heavy (non-hydrogen) atoms. The fourth-order valence-corrected chi connectivity index (χ4v) is 7.20. The van der Waals surface area contributed by atoms with Crippen LogP contribution in [0.4, 0.5) is 5.82 Å². The molecule has 2 N–H and O–H groups in total. The first-order valence-corrected chi connectivity index (χ1v) is 16.2. The minimum absolute atomic E-state index is 0.187. The number of hydrogen-bond donors (Lipinski definition) is 2. The maximum absolute atomic E-state index is 14.5. The van der Waals surface area contributed by atoms with Crippen LogP contribution in [0.3, 0.4) is 0 Å². The lowest BCUT2D eigenvalue weighted by Crippen LogP contribution is -2.29. The summed E-state index contributed by atoms with van der Waals surface area (Å²) >= 11 is 13.2. The number of carbonyl (C=O) groups is 1. The predicted molar refractivity (Wildman–Crippen MR) is 184 cm³/mol. The number of hydrogen-bond acceptors (Lipinski definition) is 3. The Bertz CT molecular complexity index is 1980. The molecule has 228 valence electrons. The van der Waals surface area contributed by atoms with Crippen molar-refractivity contribution in [3.63, 3.8) is 0 Å². The van der Waals surface area contributed by atoms with Gasteiger partial charge < -0.3 is 15.2 Å². The second-order valence-electron chi connectivity index (χ2n) is 12.5. The zero-order valence-electron chi connectivity index (χ0n) is 25.7. The molecule has 2 aromatic heterocycles. The fraction of sp³-hybridized carbons (Fsp3) is 0.243. The predicted octanol–water partition coefficient (Wildman–Crippen LogP) is 9.71. The smallest absolute Gasteiger partial charge is 0.273 e. The lowest BCUT2D eigenvalue weighted by molar-refractivity contribution is 0.102. The van der Waals surface area contributed by atoms with E-state index in [0.717, 1.165) is 50.8 Å². The van der Waals surface area contributed by atoms with Gasteiger partial charge >= 0.3 is 0 Å². The third kappa shape index (κ3) is 5.16. The molecule has 2 aliphatic rings. The monoisotopic (exact) mass is 635 g/mol. The number of anilines is 1. The first-order chi connectivity index (χ1) is 21.7. The van der Waals surface area contributed by atoms with E-state index in [1.165, 1.54) is 5.57 Å². The Balaban J connectivity index is 1.53. The number of aromatic nitrogens is 3. The molecule has 0 bridgehead atoms. The van der Waals surface area contributed by atoms with Crippen molar-refractivity contribution in [3.8, 4) is 0 Å². The van der Waals surface area contributed by atoms with Crippen molar-refractivity contribution < 1.29 is 4.79 Å². The van der Waals surface area contributed by atoms with E-state index in [4.69, 9.17) is 23.2 Å². The minimum atomic E-state index is -0.220. The molecule has 8 heteroatoms. The highest BCUT2D eigenvalue weighted by Gasteiger charge is 2.39. The van der Waals surface area contributed by atoms with Gasteiger partial charge in [-0.05, 0) is 71.7 Å². The molecular weight excluding hydrogens is 601 g/mol. The lowest BCUT2D eigenvalue weighted by Gasteiger charge is -2.39. The van der Waals surface area contributed by atoms with Crippen molar-refractivity contribution in [3.05, 3.63) is 129 Å². The van der Waals surface area contributed by atoms with Crippen LogP contribution in [0.2, 0.25) is 10.0 Å². The molecule has 1 amide bonds. The number of carbonyl (C=O) groups excluding carboxylic acids is 1. The lowest BCUT2D eigenvalue weighted by atomic mass is 9.82. The zero-order valence-corrected chi connectivity index (χ0v) is 27.2. The second kappa shape index (κ2) is 11.6. The molecule has 0 radical (unpaired) electrons. The molecule has 0 saturated heterocycles. The van der Waals surface area contributed by atoms with Gasteiger partial charge in [-0.2, -0.15) is 5.10 Å². The van der Waals surface area contributed by atoms with Crippen molar-refractivity contribution in [2.45, 2.75) is 46.7 Å². The van der Waals surface area contributed by atoms with Crippen molar-refractivity contribution in [2.24, 2.45) is 11.8 Å². The maximum Gasteiger partial charge on any atom is 0.273 e. The third-order valence-corrected chi connectivity index (χ3v) is 9.22. The highest BCUT2D eigenvalue weighted by atomic mass is 35.5. The van der Waals surface area contributed by atoms with E-state index >= 15 is 0 Å². The van der Waals surface area contributed by atoms with Gasteiger partial charge in [0, 0.05) is 44.8 Å². The van der Waals surface area contributed by atoms with E-state index in [-0.39, 0.29) is 17.9 Å². The van der Waals surface area contributed by atoms with E-state index in [9.17, 15) is 4.79 Å². The molecule has 0 aliphatic carbocycles. The Morgan fingerprint density at radius 2 is 1.82 bits per heavy atom. The quantitative estimate of drug-likeness (QED) is 0.195. The Morgan fingerprint density at radius 1 is 1.07 bits per heavy atom. The Hall–Kier alpha value is -4.26. The number of H-pyrrole nitrogens is 1. The molecule has 5 aromatic rings. The largest absolute Gasteiger partial charge is 0.350 e. The molecule has 0 fully saturated rings. The molecular formula is C37H35Cl2N5O. The molecule has 6 nitrogen and oxygen atoms in total. The van der Waals surface area contributed by atoms with E-state index in [0.29, 0.717) is 34.0 Å². The SMILES string of the molecule is Cc1cnn(CC(C)C)c1NC(=O)c1[nH]c2cc(Cl)cc3c2c1C1=C(c2ccccc2)C(C)CC=CN1C3c1ccc(Cl)cc1. The Kier molecular flexibility index (Phi) is 7.58. The number of nitrogens with zero attached hydrogens (tertiary/aromatic N) is 3. The number of benzene rings is 3. The van der Waals surface area contributed by atoms with E-state index in [1.54, 1.807) is 6.20 Å². The van der Waals surface area contributed by atoms with Crippen LogP contribution in [0, 0.1) is 18.8 Å². The van der Waals surface area contributed by atoms with Crippen LogP contribution < -0.4 is 5.32 Å². The van der Waals surface area contributed by atoms with Gasteiger partial charge in [0.15, 0.2) is 0 Å². The third-order valence-electron chi connectivity index (χ3n) is 8.75. The summed E-state index contributed by atoms with van der Waals surface area (Å²) in [5, 5.41) is 10.1. The summed E-state index contributed by atoms with van der Waals surface area (Å²) in [4.78, 5) is 20.3. The van der Waals surface area contributed by atoms with Crippen LogP contribution in [0.25, 0.3) is 22.2 Å². The number of nitrogens with one attached hydrogen (secondary N) is 2. The van der Waals surface area contributed by atoms with Crippen LogP contribution in [-0.4, -0.2) is 25.6 Å². The number of aryl methyl sites for hydroxylation is 1. The van der Waals surface area contributed by atoms with Gasteiger partial charge in [0.2, 0.25) is 0 Å². The average molecular weight is 637 g/mol. The number of allylic oxidation sites excluding steroid dienone is 2. The highest BCUT2D eigenvalue weighted by molar-refractivity contribution is 6.32. The van der Waals surface area contributed by atoms with Crippen LogP contribution >= 0.6 is 23.2 Å². The topological polar surface area (TPSA) is 66.0 Å². The van der Waals surface area contributed by atoms with E-state index < -0.39 is 0 Å². The molecule has 7 rings (SSSR count). The van der Waals surface area contributed by atoms with Gasteiger partial charge in [0.25, 0.3) is 5.91 Å². The van der Waals surface area contributed by atoms with Crippen molar-refractivity contribution >= 4 is 57.1 Å². The standard InChI is InChI=1S/C37H35Cl2N5O/c1-21(2)20-44-36(23(4)19-40-44)42-37(45)33-32-31-28(17-27(39)18-29(31)41-33)34(25-12-14-26(38)15-13-25)43-16-8-9-22(3)30(35(32)43)24-10-6-5-7-11-24/h5-8,10-19,21-22,34,41H,9,20H2,1-4H3,(H,42,45). The van der Waals surface area contributed by atoms with Crippen LogP contribution in [0.1, 0.15) is 71.5 Å². The van der Waals surface area contributed by atoms with Gasteiger partial charge in [0.05, 0.1) is 17.9 Å². The average Bonchev–Trinajstić information content (AvgIpc) is 3.50. The van der Waals surface area contributed by atoms with Gasteiger partial charge in [-0.15, -0.1) is 0 Å². The molecule has 2 unspecified atom stereocenters. The molecule has 3 aromatic carbocycles. The summed E-state index contributed by atoms with van der Waals surface area (Å²) in [7, 11) is 0. The Labute approximate surface area is 273 Å². The number of amides is 1. The first kappa shape index (κ1) is 29.5. The number of rotatable bonds is 6. The first-order valence-electron chi connectivity index (χ1n) is 15.4. The van der Waals surface area contributed by atoms with E-state index in [1.807, 2.05) is 41.9 Å². The molecule has 2 atom stereocenters. The molecule has 0 spiro atoms. The summed E-state index contributed by atoms with van der Waals surface area (Å²) in [6, 6.07) is 22.3. The summed E-state index contributed by atoms with van der Waals surface area (Å²) < 4.78 is 1.88. The van der Waals surface area contributed by atoms with Crippen LogP contribution in [0.15, 0.2) is 85.2 Å². The Morgan fingerprint density at radius 3 is 2.56 bits per heavy atom. The van der Waals surface area contributed by atoms with Gasteiger partial charge in [-0.1, -0.05) is 92.5 Å². The molecule has 0 saturated carbocycles. The van der Waals surface area contributed by atoms with Gasteiger partial charge in [-0.3, -0.25) is 4.79 Å². The normalized spacial score (nSPS) is 17.6. The minimum Gasteiger partial charge on any atom is -0.350 e. The second-order valence-corrected chi connectivity index (χ2v) is 13.4. The van der Waals surface area contributed by atoms with Gasteiger partial charge in [0.1, 0.15) is 11.5 Å². The van der Waals surface area contributed by atoms with Crippen molar-refractivity contribution in [1.29, 1.82) is 0 Å². The fourth-order valence-electron chi connectivity index (χ4n) is 6.84. The summed E-state index contributed by atoms with van der Waals surface area (Å²) in [5.41, 5.74) is 8.56. The number of aromatic amines is 1.